The van der Waals surface area contributed by atoms with E-state index in [1.54, 1.807) is 0 Å². The molecule has 0 amide bonds. The maximum atomic E-state index is 5.69. The van der Waals surface area contributed by atoms with Crippen LogP contribution in [0.1, 0.15) is 5.56 Å². The van der Waals surface area contributed by atoms with Crippen LogP contribution >= 0.6 is 12.2 Å². The van der Waals surface area contributed by atoms with Crippen molar-refractivity contribution in [1.29, 1.82) is 0 Å². The first kappa shape index (κ1) is 16.2. The summed E-state index contributed by atoms with van der Waals surface area (Å²) in [6, 6.07) is 21.6. The van der Waals surface area contributed by atoms with Crippen LogP contribution in [0.15, 0.2) is 60.7 Å². The van der Waals surface area contributed by atoms with Crippen molar-refractivity contribution in [3.8, 4) is 0 Å². The Morgan fingerprint density at radius 2 is 1.54 bits per heavy atom. The van der Waals surface area contributed by atoms with Crippen LogP contribution in [0, 0.1) is 5.92 Å². The molecule has 0 aromatic heterocycles. The lowest BCUT2D eigenvalue weighted by Crippen LogP contribution is -2.78. The molecule has 2 aromatic carbocycles. The Morgan fingerprint density at radius 3 is 2.19 bits per heavy atom. The van der Waals surface area contributed by atoms with Gasteiger partial charge < -0.3 is 10.6 Å². The Morgan fingerprint density at radius 1 is 0.923 bits per heavy atom. The van der Waals surface area contributed by atoms with Gasteiger partial charge in [0.25, 0.3) is 0 Å². The SMILES string of the molecule is S=C(Nc1ccccc1)NC1C2CN3CN(C2)CC1(c1ccccc1)C3. The van der Waals surface area contributed by atoms with E-state index in [4.69, 9.17) is 12.2 Å². The summed E-state index contributed by atoms with van der Waals surface area (Å²) in [5.74, 6) is 0.599. The first-order valence-electron chi connectivity index (χ1n) is 9.36. The first-order chi connectivity index (χ1) is 12.7. The summed E-state index contributed by atoms with van der Waals surface area (Å²) in [6.45, 7) is 5.66. The molecule has 26 heavy (non-hydrogen) atoms. The highest BCUT2D eigenvalue weighted by molar-refractivity contribution is 7.80. The second-order valence-corrected chi connectivity index (χ2v) is 8.30. The zero-order valence-electron chi connectivity index (χ0n) is 14.8. The fourth-order valence-electron chi connectivity index (χ4n) is 5.27. The topological polar surface area (TPSA) is 30.5 Å². The Labute approximate surface area is 160 Å². The summed E-state index contributed by atoms with van der Waals surface area (Å²) in [5, 5.41) is 7.81. The largest absolute Gasteiger partial charge is 0.358 e. The highest BCUT2D eigenvalue weighted by atomic mass is 32.1. The number of thiocarbonyl (C=S) groups is 1. The number of nitrogens with zero attached hydrogens (tertiary/aromatic N) is 2. The lowest BCUT2D eigenvalue weighted by Gasteiger charge is -2.63. The predicted molar refractivity (Wildman–Crippen MR) is 109 cm³/mol. The Bertz CT molecular complexity index is 780. The van der Waals surface area contributed by atoms with E-state index in [0.29, 0.717) is 12.0 Å². The average molecular weight is 365 g/mol. The quantitative estimate of drug-likeness (QED) is 0.818. The summed E-state index contributed by atoms with van der Waals surface area (Å²) in [6.07, 6.45) is 0. The minimum atomic E-state index is 0.100. The Kier molecular flexibility index (Phi) is 3.96. The van der Waals surface area contributed by atoms with Crippen LogP contribution in [-0.2, 0) is 5.41 Å². The van der Waals surface area contributed by atoms with Crippen LogP contribution in [-0.4, -0.2) is 53.8 Å². The number of benzene rings is 2. The standard InChI is InChI=1S/C21H24N4S/c26-20(22-18-9-5-2-6-10-18)23-19-16-11-24-13-21(19,14-25(12-16)15-24)17-7-3-1-4-8-17/h1-10,16,19H,11-15H2,(H2,22,23,26). The molecule has 4 heterocycles. The van der Waals surface area contributed by atoms with Crippen molar-refractivity contribution >= 4 is 23.0 Å². The zero-order chi connectivity index (χ0) is 17.6. The van der Waals surface area contributed by atoms with Gasteiger partial charge in [-0.1, -0.05) is 48.5 Å². The number of anilines is 1. The Hall–Kier alpha value is -1.95. The number of piperidine rings is 2. The van der Waals surface area contributed by atoms with Gasteiger partial charge in [-0.2, -0.15) is 0 Å². The monoisotopic (exact) mass is 364 g/mol. The minimum Gasteiger partial charge on any atom is -0.358 e. The van der Waals surface area contributed by atoms with Crippen LogP contribution in [0.2, 0.25) is 0 Å². The first-order valence-corrected chi connectivity index (χ1v) is 9.77. The van der Waals surface area contributed by atoms with Gasteiger partial charge >= 0.3 is 0 Å². The van der Waals surface area contributed by atoms with Gasteiger partial charge in [-0.05, 0) is 29.9 Å². The summed E-state index contributed by atoms with van der Waals surface area (Å²) >= 11 is 5.69. The van der Waals surface area contributed by atoms with Crippen molar-refractivity contribution in [2.75, 3.05) is 38.2 Å². The van der Waals surface area contributed by atoms with Gasteiger partial charge in [-0.15, -0.1) is 0 Å². The number of para-hydroxylation sites is 1. The molecule has 5 heteroatoms. The van der Waals surface area contributed by atoms with Crippen molar-refractivity contribution in [2.45, 2.75) is 11.5 Å². The molecular weight excluding hydrogens is 340 g/mol. The third kappa shape index (κ3) is 2.71. The fourth-order valence-corrected chi connectivity index (χ4v) is 5.52. The molecule has 4 fully saturated rings. The summed E-state index contributed by atoms with van der Waals surface area (Å²) in [4.78, 5) is 5.22. The number of rotatable bonds is 3. The predicted octanol–water partition coefficient (Wildman–Crippen LogP) is 2.50. The van der Waals surface area contributed by atoms with E-state index in [0.717, 1.165) is 43.6 Å². The molecule has 0 spiro atoms. The van der Waals surface area contributed by atoms with E-state index in [1.165, 1.54) is 5.56 Å². The van der Waals surface area contributed by atoms with Crippen molar-refractivity contribution in [2.24, 2.45) is 5.92 Å². The molecule has 3 atom stereocenters. The van der Waals surface area contributed by atoms with Gasteiger partial charge in [-0.3, -0.25) is 9.80 Å². The van der Waals surface area contributed by atoms with Gasteiger partial charge in [0.1, 0.15) is 0 Å². The van der Waals surface area contributed by atoms with E-state index >= 15 is 0 Å². The molecule has 4 aliphatic rings. The van der Waals surface area contributed by atoms with Crippen LogP contribution in [0.3, 0.4) is 0 Å². The van der Waals surface area contributed by atoms with Crippen LogP contribution in [0.5, 0.6) is 0 Å². The van der Waals surface area contributed by atoms with E-state index in [1.807, 2.05) is 18.2 Å². The zero-order valence-corrected chi connectivity index (χ0v) is 15.6. The summed E-state index contributed by atoms with van der Waals surface area (Å²) in [5.41, 5.74) is 2.57. The number of nitrogens with one attached hydrogen (secondary N) is 2. The van der Waals surface area contributed by atoms with Gasteiger partial charge in [0.05, 0.1) is 6.67 Å². The third-order valence-electron chi connectivity index (χ3n) is 6.13. The van der Waals surface area contributed by atoms with E-state index < -0.39 is 0 Å². The lowest BCUT2D eigenvalue weighted by molar-refractivity contribution is -0.104. The van der Waals surface area contributed by atoms with Crippen molar-refractivity contribution in [3.05, 3.63) is 66.2 Å². The second-order valence-electron chi connectivity index (χ2n) is 7.89. The molecule has 2 N–H and O–H groups in total. The van der Waals surface area contributed by atoms with Crippen molar-refractivity contribution < 1.29 is 0 Å². The van der Waals surface area contributed by atoms with Gasteiger partial charge in [0.2, 0.25) is 0 Å². The van der Waals surface area contributed by atoms with Crippen LogP contribution < -0.4 is 10.6 Å². The summed E-state index contributed by atoms with van der Waals surface area (Å²) < 4.78 is 0. The molecule has 3 unspecified atom stereocenters. The molecule has 6 rings (SSSR count). The van der Waals surface area contributed by atoms with Crippen LogP contribution in [0.25, 0.3) is 0 Å². The average Bonchev–Trinajstić information content (AvgIpc) is 2.66. The third-order valence-corrected chi connectivity index (χ3v) is 6.35. The molecule has 134 valence electrons. The maximum absolute atomic E-state index is 5.69. The minimum absolute atomic E-state index is 0.100. The summed E-state index contributed by atoms with van der Waals surface area (Å²) in [7, 11) is 0. The van der Waals surface area contributed by atoms with E-state index in [-0.39, 0.29) is 5.41 Å². The molecule has 4 aliphatic heterocycles. The van der Waals surface area contributed by atoms with E-state index in [2.05, 4.69) is 62.9 Å². The lowest BCUT2D eigenvalue weighted by atomic mass is 9.62. The molecule has 0 radical (unpaired) electrons. The van der Waals surface area contributed by atoms with Gasteiger partial charge in [0.15, 0.2) is 5.11 Å². The second kappa shape index (κ2) is 6.34. The smallest absolute Gasteiger partial charge is 0.171 e. The molecule has 4 bridgehead atoms. The number of hydrogen-bond acceptors (Lipinski definition) is 3. The number of hydrogen-bond donors (Lipinski definition) is 2. The highest BCUT2D eigenvalue weighted by Gasteiger charge is 2.57. The highest BCUT2D eigenvalue weighted by Crippen LogP contribution is 2.44. The molecule has 4 saturated heterocycles. The Balaban J connectivity index is 1.43. The molecule has 0 saturated carbocycles. The molecule has 0 aliphatic carbocycles. The van der Waals surface area contributed by atoms with Gasteiger partial charge in [0, 0.05) is 49.2 Å². The normalized spacial score (nSPS) is 34.5. The van der Waals surface area contributed by atoms with E-state index in [9.17, 15) is 0 Å². The van der Waals surface area contributed by atoms with Crippen molar-refractivity contribution in [3.63, 3.8) is 0 Å². The van der Waals surface area contributed by atoms with Crippen molar-refractivity contribution in [1.82, 2.24) is 15.1 Å². The molecule has 2 aromatic rings. The molecular formula is C21H24N4S. The van der Waals surface area contributed by atoms with Gasteiger partial charge in [-0.25, -0.2) is 0 Å². The van der Waals surface area contributed by atoms with Crippen LogP contribution in [0.4, 0.5) is 5.69 Å². The fraction of sp³-hybridized carbons (Fsp3) is 0.381. The maximum Gasteiger partial charge on any atom is 0.171 e. The molecule has 4 nitrogen and oxygen atoms in total.